The largest absolute Gasteiger partial charge is 0.481 e. The molecule has 1 aromatic heterocycles. The summed E-state index contributed by atoms with van der Waals surface area (Å²) in [4.78, 5) is 15.3. The molecule has 2 aromatic carbocycles. The minimum absolute atomic E-state index is 0.0960. The van der Waals surface area contributed by atoms with E-state index >= 15 is 0 Å². The van der Waals surface area contributed by atoms with Gasteiger partial charge in [0.15, 0.2) is 0 Å². The average Bonchev–Trinajstić information content (AvgIpc) is 3.65. The Labute approximate surface area is 237 Å². The monoisotopic (exact) mass is 569 g/mol. The predicted molar refractivity (Wildman–Crippen MR) is 154 cm³/mol. The van der Waals surface area contributed by atoms with Crippen LogP contribution in [0.4, 0.5) is 13.2 Å². The molecule has 0 bridgehead atoms. The number of hydrogen-bond donors (Lipinski definition) is 2. The highest BCUT2D eigenvalue weighted by atomic mass is 32.2. The number of hydrogen-bond acceptors (Lipinski definition) is 4. The lowest BCUT2D eigenvalue weighted by Gasteiger charge is -2.24. The Hall–Kier alpha value is -3.10. The number of alkyl halides is 3. The number of carbonyl (C=O) groups is 1. The Balaban J connectivity index is 1.54. The maximum atomic E-state index is 12.8. The lowest BCUT2D eigenvalue weighted by Crippen LogP contribution is -2.18. The average molecular weight is 570 g/mol. The van der Waals surface area contributed by atoms with Gasteiger partial charge < -0.3 is 10.2 Å². The first-order valence-electron chi connectivity index (χ1n) is 13.3. The number of aromatic nitrogens is 1. The van der Waals surface area contributed by atoms with Crippen molar-refractivity contribution in [3.05, 3.63) is 100 Å². The molecule has 8 heteroatoms. The fourth-order valence-electron chi connectivity index (χ4n) is 4.83. The summed E-state index contributed by atoms with van der Waals surface area (Å²) in [5.74, 6) is -0.00936. The first-order valence-corrected chi connectivity index (χ1v) is 14.4. The van der Waals surface area contributed by atoms with Crippen molar-refractivity contribution in [2.24, 2.45) is 5.41 Å². The molecule has 212 valence electrons. The van der Waals surface area contributed by atoms with E-state index in [1.54, 1.807) is 31.7 Å². The van der Waals surface area contributed by atoms with Gasteiger partial charge >= 0.3 is 12.1 Å². The number of nitrogens with zero attached hydrogens (tertiary/aromatic N) is 1. The van der Waals surface area contributed by atoms with Crippen LogP contribution in [0.3, 0.4) is 0 Å². The molecular formula is C32H34F3NO3S. The fourth-order valence-corrected chi connectivity index (χ4v) is 6.40. The third-order valence-electron chi connectivity index (χ3n) is 7.27. The molecule has 1 atom stereocenters. The lowest BCUT2D eigenvalue weighted by molar-refractivity contribution is -0.139. The summed E-state index contributed by atoms with van der Waals surface area (Å²) in [5.41, 5.74) is 2.50. The molecular weight excluding hydrogens is 535 g/mol. The van der Waals surface area contributed by atoms with Gasteiger partial charge in [0, 0.05) is 17.2 Å². The van der Waals surface area contributed by atoms with E-state index in [1.165, 1.54) is 6.07 Å². The van der Waals surface area contributed by atoms with Gasteiger partial charge in [-0.2, -0.15) is 24.9 Å². The molecule has 0 aliphatic heterocycles. The Bertz CT molecular complexity index is 1340. The number of carboxylic acids is 1. The summed E-state index contributed by atoms with van der Waals surface area (Å²) < 4.78 is 38.5. The highest BCUT2D eigenvalue weighted by Gasteiger charge is 2.44. The van der Waals surface area contributed by atoms with Crippen LogP contribution in [-0.2, 0) is 23.0 Å². The van der Waals surface area contributed by atoms with Crippen LogP contribution < -0.4 is 0 Å². The van der Waals surface area contributed by atoms with E-state index in [0.29, 0.717) is 5.69 Å². The molecule has 1 aliphatic rings. The van der Waals surface area contributed by atoms with Crippen LogP contribution in [0, 0.1) is 5.41 Å². The van der Waals surface area contributed by atoms with Crippen LogP contribution in [-0.4, -0.2) is 26.9 Å². The third-order valence-corrected chi connectivity index (χ3v) is 8.96. The molecule has 4 nitrogen and oxygen atoms in total. The number of aryl methyl sites for hydroxylation is 1. The number of aliphatic carboxylic acids is 1. The van der Waals surface area contributed by atoms with Crippen molar-refractivity contribution in [1.82, 2.24) is 4.98 Å². The quantitative estimate of drug-likeness (QED) is 0.230. The Morgan fingerprint density at radius 3 is 2.45 bits per heavy atom. The van der Waals surface area contributed by atoms with E-state index in [4.69, 9.17) is 0 Å². The third kappa shape index (κ3) is 8.21. The molecule has 0 radical (unpaired) electrons. The normalized spacial score (nSPS) is 15.8. The minimum Gasteiger partial charge on any atom is -0.481 e. The van der Waals surface area contributed by atoms with E-state index in [2.05, 4.69) is 17.1 Å². The Kier molecular flexibility index (Phi) is 9.10. The molecule has 40 heavy (non-hydrogen) atoms. The summed E-state index contributed by atoms with van der Waals surface area (Å²) in [5, 5.41) is 20.1. The van der Waals surface area contributed by atoms with Gasteiger partial charge in [0.2, 0.25) is 0 Å². The molecule has 3 aromatic rings. The van der Waals surface area contributed by atoms with Crippen LogP contribution in [0.5, 0.6) is 0 Å². The topological polar surface area (TPSA) is 70.4 Å². The van der Waals surface area contributed by atoms with Crippen LogP contribution >= 0.6 is 11.8 Å². The van der Waals surface area contributed by atoms with Gasteiger partial charge in [-0.25, -0.2) is 0 Å². The van der Waals surface area contributed by atoms with Crippen molar-refractivity contribution in [3.63, 3.8) is 0 Å². The first kappa shape index (κ1) is 29.9. The zero-order valence-electron chi connectivity index (χ0n) is 22.6. The summed E-state index contributed by atoms with van der Waals surface area (Å²) in [6.45, 7) is 3.56. The second-order valence-corrected chi connectivity index (χ2v) is 12.3. The molecule has 0 spiro atoms. The molecule has 1 saturated carbocycles. The van der Waals surface area contributed by atoms with Crippen LogP contribution in [0.1, 0.15) is 78.3 Å². The highest BCUT2D eigenvalue weighted by molar-refractivity contribution is 7.99. The fraction of sp³-hybridized carbons (Fsp3) is 0.375. The number of thioether (sulfide) groups is 1. The van der Waals surface area contributed by atoms with Gasteiger partial charge in [-0.05, 0) is 85.4 Å². The van der Waals surface area contributed by atoms with E-state index in [1.807, 2.05) is 42.5 Å². The Morgan fingerprint density at radius 1 is 1.07 bits per heavy atom. The maximum absolute atomic E-state index is 12.8. The van der Waals surface area contributed by atoms with Crippen LogP contribution in [0.2, 0.25) is 0 Å². The molecule has 1 heterocycles. The molecule has 0 saturated heterocycles. The molecule has 1 aliphatic carbocycles. The van der Waals surface area contributed by atoms with Crippen molar-refractivity contribution in [1.29, 1.82) is 0 Å². The smallest absolute Gasteiger partial charge is 0.417 e. The van der Waals surface area contributed by atoms with E-state index in [0.717, 1.165) is 66.0 Å². The predicted octanol–water partition coefficient (Wildman–Crippen LogP) is 8.16. The zero-order chi connectivity index (χ0) is 29.0. The number of benzene rings is 2. The summed E-state index contributed by atoms with van der Waals surface area (Å²) >= 11 is 1.78. The first-order chi connectivity index (χ1) is 18.8. The standard InChI is InChI=1S/C32H34F3NO3S/c1-30(2,39)27-9-4-3-7-23(27)11-15-28(40-21-31(16-17-31)19-29(37)38)24-8-5-6-22(18-24)10-13-26-14-12-25(20-36-26)32(33,34)35/h3-10,12-14,18,20,28,39H,11,15-17,19,21H2,1-2H3,(H,37,38)/b13-10+/t28-/m1/s1. The lowest BCUT2D eigenvalue weighted by atomic mass is 9.90. The Morgan fingerprint density at radius 2 is 1.82 bits per heavy atom. The number of halogens is 3. The van der Waals surface area contributed by atoms with Crippen molar-refractivity contribution in [3.8, 4) is 0 Å². The highest BCUT2D eigenvalue weighted by Crippen LogP contribution is 2.53. The van der Waals surface area contributed by atoms with Crippen molar-refractivity contribution < 1.29 is 28.2 Å². The minimum atomic E-state index is -4.42. The van der Waals surface area contributed by atoms with Crippen molar-refractivity contribution in [2.45, 2.75) is 63.0 Å². The van der Waals surface area contributed by atoms with Crippen LogP contribution in [0.25, 0.3) is 12.2 Å². The molecule has 0 unspecified atom stereocenters. The van der Waals surface area contributed by atoms with E-state index in [9.17, 15) is 28.2 Å². The molecule has 1 fully saturated rings. The number of aliphatic hydroxyl groups is 1. The van der Waals surface area contributed by atoms with Gasteiger partial charge in [0.1, 0.15) is 0 Å². The zero-order valence-corrected chi connectivity index (χ0v) is 23.4. The van der Waals surface area contributed by atoms with E-state index in [-0.39, 0.29) is 17.1 Å². The number of rotatable bonds is 12. The van der Waals surface area contributed by atoms with Crippen LogP contribution in [0.15, 0.2) is 66.9 Å². The van der Waals surface area contributed by atoms with Gasteiger partial charge in [0.25, 0.3) is 0 Å². The molecule has 2 N–H and O–H groups in total. The maximum Gasteiger partial charge on any atom is 0.417 e. The molecule has 0 amide bonds. The van der Waals surface area contributed by atoms with Gasteiger partial charge in [0.05, 0.1) is 23.3 Å². The second kappa shape index (κ2) is 12.2. The van der Waals surface area contributed by atoms with Crippen molar-refractivity contribution in [2.75, 3.05) is 5.75 Å². The SMILES string of the molecule is CC(C)(O)c1ccccc1CC[C@@H](SCC1(CC(=O)O)CC1)c1cccc(/C=C/c2ccc(C(F)(F)F)cn2)c1. The van der Waals surface area contributed by atoms with Gasteiger partial charge in [-0.3, -0.25) is 9.78 Å². The van der Waals surface area contributed by atoms with Crippen molar-refractivity contribution >= 4 is 29.9 Å². The summed E-state index contributed by atoms with van der Waals surface area (Å²) in [6, 6.07) is 18.3. The number of pyridine rings is 1. The molecule has 4 rings (SSSR count). The van der Waals surface area contributed by atoms with E-state index < -0.39 is 23.3 Å². The van der Waals surface area contributed by atoms with Gasteiger partial charge in [-0.1, -0.05) is 54.6 Å². The number of carboxylic acid groups (broad SMARTS) is 1. The second-order valence-electron chi connectivity index (χ2n) is 11.1. The summed E-state index contributed by atoms with van der Waals surface area (Å²) in [6.07, 6.45) is 3.49. The van der Waals surface area contributed by atoms with Gasteiger partial charge in [-0.15, -0.1) is 0 Å². The summed E-state index contributed by atoms with van der Waals surface area (Å²) in [7, 11) is 0.